The van der Waals surface area contributed by atoms with Gasteiger partial charge >= 0.3 is 21.1 Å². The molecule has 3 aliphatic heterocycles. The van der Waals surface area contributed by atoms with Gasteiger partial charge in [-0.3, -0.25) is 0 Å². The van der Waals surface area contributed by atoms with Crippen molar-refractivity contribution in [1.29, 1.82) is 0 Å². The molecule has 7 rings (SSSR count). The molecule has 1 aromatic heterocycles. The molecule has 0 fully saturated rings. The first-order valence-corrected chi connectivity index (χ1v) is 12.5. The Labute approximate surface area is 232 Å². The van der Waals surface area contributed by atoms with Crippen molar-refractivity contribution in [2.45, 2.75) is 4.90 Å². The fourth-order valence-electron chi connectivity index (χ4n) is 4.73. The van der Waals surface area contributed by atoms with Crippen molar-refractivity contribution in [3.05, 3.63) is 109 Å². The molecule has 0 saturated heterocycles. The van der Waals surface area contributed by atoms with Crippen LogP contribution < -0.4 is 19.4 Å². The van der Waals surface area contributed by atoms with E-state index in [1.54, 1.807) is 12.3 Å². The summed E-state index contributed by atoms with van der Waals surface area (Å²) in [6.07, 6.45) is 1.57. The number of ether oxygens (including phenoxy) is 1. The molecule has 37 heavy (non-hydrogen) atoms. The van der Waals surface area contributed by atoms with Gasteiger partial charge in [0.15, 0.2) is 5.76 Å². The number of fused-ring (bicyclic) bond motifs is 3. The molecule has 3 aliphatic rings. The summed E-state index contributed by atoms with van der Waals surface area (Å²) in [5, 5.41) is 0.706. The largest absolute Gasteiger partial charge is 4.00 e. The van der Waals surface area contributed by atoms with E-state index in [2.05, 4.69) is 34.1 Å². The number of hydrogen-bond donors (Lipinski definition) is 0. The third-order valence-corrected chi connectivity index (χ3v) is 7.88. The average molecular weight is 688 g/mol. The number of furan rings is 1. The van der Waals surface area contributed by atoms with Gasteiger partial charge in [-0.05, 0) is 32.3 Å². The van der Waals surface area contributed by atoms with Gasteiger partial charge in [-0.1, -0.05) is 12.1 Å². The first-order chi connectivity index (χ1) is 17.6. The standard InChI is InChI=1S/C28H20N4O3S.Pt/c1-29-17-31(24-12-4-3-11-23(24)29)19-7-5-9-21(15-19)35-22-10-6-8-20(16-22)32-18-30(2)28-26(32)27-25(36(28)33)13-14-34-27;/h3-14,17-18H,1-2H3;/q-4;+4. The molecule has 4 aromatic rings. The summed E-state index contributed by atoms with van der Waals surface area (Å²) in [6.45, 7) is 3.92. The number of rotatable bonds is 4. The second kappa shape index (κ2) is 9.12. The predicted octanol–water partition coefficient (Wildman–Crippen LogP) is 5.70. The van der Waals surface area contributed by atoms with Crippen molar-refractivity contribution in [2.75, 3.05) is 28.8 Å². The number of hydrogen-bond acceptors (Lipinski definition) is 7. The normalized spacial score (nSPS) is 17.6. The van der Waals surface area contributed by atoms with Crippen LogP contribution in [-0.2, 0) is 31.9 Å². The Balaban J connectivity index is 0.00000252. The zero-order valence-electron chi connectivity index (χ0n) is 19.8. The van der Waals surface area contributed by atoms with Crippen LogP contribution in [-0.4, -0.2) is 23.2 Å². The van der Waals surface area contributed by atoms with Crippen LogP contribution in [0.4, 0.5) is 22.7 Å². The van der Waals surface area contributed by atoms with Crippen LogP contribution in [0, 0.1) is 25.5 Å². The van der Waals surface area contributed by atoms with Gasteiger partial charge in [0.1, 0.15) is 15.8 Å². The minimum atomic E-state index is -1.28. The Morgan fingerprint density at radius 2 is 1.46 bits per heavy atom. The third-order valence-electron chi connectivity index (χ3n) is 6.33. The molecule has 0 saturated carbocycles. The summed E-state index contributed by atoms with van der Waals surface area (Å²) in [7, 11) is 2.63. The molecule has 7 nitrogen and oxygen atoms in total. The molecule has 9 heteroatoms. The Morgan fingerprint density at radius 1 is 0.811 bits per heavy atom. The van der Waals surface area contributed by atoms with Gasteiger partial charge in [-0.2, -0.15) is 25.5 Å². The van der Waals surface area contributed by atoms with E-state index >= 15 is 0 Å². The Kier molecular flexibility index (Phi) is 5.89. The monoisotopic (exact) mass is 687 g/mol. The zero-order chi connectivity index (χ0) is 24.4. The molecule has 0 N–H and O–H groups in total. The van der Waals surface area contributed by atoms with Gasteiger partial charge in [-0.25, -0.2) is 4.21 Å². The van der Waals surface area contributed by atoms with E-state index in [1.165, 1.54) is 0 Å². The first-order valence-electron chi connectivity index (χ1n) is 11.4. The molecule has 1 unspecified atom stereocenters. The molecule has 0 spiro atoms. The van der Waals surface area contributed by atoms with Crippen molar-refractivity contribution < 1.29 is 34.4 Å². The van der Waals surface area contributed by atoms with Gasteiger partial charge in [0.25, 0.3) is 0 Å². The van der Waals surface area contributed by atoms with Crippen LogP contribution in [0.15, 0.2) is 87.3 Å². The Bertz CT molecular complexity index is 1570. The maximum absolute atomic E-state index is 12.9. The van der Waals surface area contributed by atoms with E-state index in [0.29, 0.717) is 27.2 Å². The molecule has 0 amide bonds. The Hall–Kier alpha value is -3.48. The van der Waals surface area contributed by atoms with Crippen molar-refractivity contribution in [2.24, 2.45) is 0 Å². The predicted molar refractivity (Wildman–Crippen MR) is 138 cm³/mol. The molecular weight excluding hydrogens is 667 g/mol. The summed E-state index contributed by atoms with van der Waals surface area (Å²) in [6, 6.07) is 28.2. The van der Waals surface area contributed by atoms with E-state index in [-0.39, 0.29) is 21.1 Å². The van der Waals surface area contributed by atoms with Gasteiger partial charge in [0.2, 0.25) is 0 Å². The van der Waals surface area contributed by atoms with E-state index < -0.39 is 10.8 Å². The van der Waals surface area contributed by atoms with Crippen LogP contribution in [0.25, 0.3) is 5.70 Å². The van der Waals surface area contributed by atoms with Crippen LogP contribution >= 0.6 is 0 Å². The summed E-state index contributed by atoms with van der Waals surface area (Å²) < 4.78 is 24.8. The number of nitrogens with zero attached hydrogens (tertiary/aromatic N) is 4. The maximum Gasteiger partial charge on any atom is 4.00 e. The van der Waals surface area contributed by atoms with Gasteiger partial charge in [0.05, 0.1) is 16.9 Å². The second-order valence-electron chi connectivity index (χ2n) is 8.62. The van der Waals surface area contributed by atoms with Crippen molar-refractivity contribution in [3.63, 3.8) is 0 Å². The van der Waals surface area contributed by atoms with Crippen molar-refractivity contribution >= 4 is 39.2 Å². The van der Waals surface area contributed by atoms with Crippen LogP contribution in [0.3, 0.4) is 0 Å². The van der Waals surface area contributed by atoms with Crippen LogP contribution in [0.2, 0.25) is 0 Å². The van der Waals surface area contributed by atoms with Crippen LogP contribution in [0.1, 0.15) is 5.76 Å². The fourth-order valence-corrected chi connectivity index (χ4v) is 6.10. The summed E-state index contributed by atoms with van der Waals surface area (Å²) in [5.41, 5.74) is 4.62. The van der Waals surface area contributed by atoms with Crippen molar-refractivity contribution in [3.8, 4) is 11.5 Å². The van der Waals surface area contributed by atoms with E-state index in [1.807, 2.05) is 85.8 Å². The Morgan fingerprint density at radius 3 is 2.19 bits per heavy atom. The molecule has 3 aromatic carbocycles. The molecule has 1 atom stereocenters. The number of anilines is 4. The number of para-hydroxylation sites is 2. The van der Waals surface area contributed by atoms with Crippen molar-refractivity contribution in [1.82, 2.24) is 4.90 Å². The van der Waals surface area contributed by atoms with Gasteiger partial charge in [0, 0.05) is 22.9 Å². The van der Waals surface area contributed by atoms with Gasteiger partial charge in [-0.15, -0.1) is 47.8 Å². The molecule has 0 radical (unpaired) electrons. The SMILES string of the molecule is CN1[CH-]N(c2[c-]c(Oc3[c-]c(N4[CH-]N(C)c5ccccc54)ccc3)ccc2)C2=C1S(=O)c1ccoc12.[Pt+4]. The second-order valence-corrected chi connectivity index (χ2v) is 9.98. The molecule has 0 bridgehead atoms. The topological polar surface area (TPSA) is 52.4 Å². The minimum absolute atomic E-state index is 0. The average Bonchev–Trinajstić information content (AvgIpc) is 3.64. The molecule has 4 heterocycles. The zero-order valence-corrected chi connectivity index (χ0v) is 22.9. The summed E-state index contributed by atoms with van der Waals surface area (Å²) >= 11 is 0. The molecule has 186 valence electrons. The van der Waals surface area contributed by atoms with E-state index in [9.17, 15) is 4.21 Å². The van der Waals surface area contributed by atoms with Gasteiger partial charge < -0.3 is 28.8 Å². The molecule has 0 aliphatic carbocycles. The third kappa shape index (κ3) is 3.78. The first kappa shape index (κ1) is 23.9. The quantitative estimate of drug-likeness (QED) is 0.256. The minimum Gasteiger partial charge on any atom is -0.509 e. The fraction of sp³-hybridized carbons (Fsp3) is 0.0714. The number of benzene rings is 3. The smallest absolute Gasteiger partial charge is 0.509 e. The van der Waals surface area contributed by atoms with Crippen LogP contribution in [0.5, 0.6) is 11.5 Å². The maximum atomic E-state index is 12.9. The summed E-state index contributed by atoms with van der Waals surface area (Å²) in [5.74, 6) is 1.75. The molecular formula is C28H20N4O3PtS. The van der Waals surface area contributed by atoms with E-state index in [4.69, 9.17) is 9.15 Å². The summed E-state index contributed by atoms with van der Waals surface area (Å²) in [4.78, 5) is 8.66. The van der Waals surface area contributed by atoms with E-state index in [0.717, 1.165) is 28.4 Å².